The molecular weight excluding hydrogens is 452 g/mol. The van der Waals surface area contributed by atoms with Gasteiger partial charge in [-0.3, -0.25) is 0 Å². The molecule has 0 atom stereocenters. The molecule has 2 saturated carbocycles. The van der Waals surface area contributed by atoms with E-state index >= 15 is 0 Å². The van der Waals surface area contributed by atoms with Crippen molar-refractivity contribution in [1.82, 2.24) is 29.1 Å². The van der Waals surface area contributed by atoms with Gasteiger partial charge in [0.2, 0.25) is 5.95 Å². The quantitative estimate of drug-likeness (QED) is 0.409. The van der Waals surface area contributed by atoms with Crippen LogP contribution in [0.4, 0.5) is 14.7 Å². The third-order valence-electron chi connectivity index (χ3n) is 7.29. The van der Waals surface area contributed by atoms with Gasteiger partial charge in [-0.15, -0.1) is 5.10 Å². The van der Waals surface area contributed by atoms with Crippen LogP contribution in [0.25, 0.3) is 27.8 Å². The molecule has 6 rings (SSSR count). The molecule has 0 saturated heterocycles. The van der Waals surface area contributed by atoms with Gasteiger partial charge < -0.3 is 14.6 Å². The summed E-state index contributed by atoms with van der Waals surface area (Å²) in [5.41, 5.74) is 4.03. The van der Waals surface area contributed by atoms with E-state index in [9.17, 15) is 8.78 Å². The van der Waals surface area contributed by atoms with E-state index in [1.807, 2.05) is 47.5 Å². The summed E-state index contributed by atoms with van der Waals surface area (Å²) in [4.78, 5) is 13.6. The summed E-state index contributed by atoms with van der Waals surface area (Å²) in [5.74, 6) is -1.28. The maximum absolute atomic E-state index is 13.5. The zero-order valence-electron chi connectivity index (χ0n) is 19.9. The Hall–Kier alpha value is -3.14. The molecule has 8 nitrogen and oxygen atoms in total. The van der Waals surface area contributed by atoms with Crippen LogP contribution in [0.5, 0.6) is 0 Å². The fraction of sp³-hybridized carbons (Fsp3) is 0.520. The molecular formula is C25H29F2N7O. The SMILES string of the molecule is CCOC1CCC(Nc2ncc3c(-c4cnc5nc(C)n(C6CC(F)(F)C6)c5c4)ccn3n2)CC1. The third-order valence-corrected chi connectivity index (χ3v) is 7.29. The Bertz CT molecular complexity index is 1370. The molecule has 0 bridgehead atoms. The van der Waals surface area contributed by atoms with Gasteiger partial charge in [0.05, 0.1) is 23.3 Å². The standard InChI is InChI=1S/C25H29F2N7O/c1-3-35-19-6-4-17(5-7-19)31-24-29-14-22-20(8-9-33(22)32-24)16-10-21-23(28-13-16)30-15(2)34(21)18-11-25(26,27)12-18/h8-10,13-14,17-19H,3-7,11-12H2,1-2H3,(H,31,32). The maximum atomic E-state index is 13.5. The van der Waals surface area contributed by atoms with Crippen LogP contribution in [0.15, 0.2) is 30.7 Å². The lowest BCUT2D eigenvalue weighted by Crippen LogP contribution is -2.37. The predicted molar refractivity (Wildman–Crippen MR) is 129 cm³/mol. The molecule has 2 aliphatic carbocycles. The number of fused-ring (bicyclic) bond motifs is 2. The highest BCUT2D eigenvalue weighted by Crippen LogP contribution is 2.47. The Balaban J connectivity index is 1.25. The Morgan fingerprint density at radius 3 is 2.66 bits per heavy atom. The van der Waals surface area contributed by atoms with E-state index in [0.717, 1.165) is 54.5 Å². The molecule has 0 aliphatic heterocycles. The van der Waals surface area contributed by atoms with Crippen LogP contribution >= 0.6 is 0 Å². The van der Waals surface area contributed by atoms with Crippen LogP contribution in [0.2, 0.25) is 0 Å². The number of hydrogen-bond donors (Lipinski definition) is 1. The van der Waals surface area contributed by atoms with Gasteiger partial charge >= 0.3 is 0 Å². The molecule has 0 aromatic carbocycles. The van der Waals surface area contributed by atoms with Gasteiger partial charge in [-0.2, -0.15) is 0 Å². The van der Waals surface area contributed by atoms with Crippen LogP contribution in [0.1, 0.15) is 57.3 Å². The Morgan fingerprint density at radius 1 is 1.11 bits per heavy atom. The van der Waals surface area contributed by atoms with E-state index in [1.54, 1.807) is 6.20 Å². The highest BCUT2D eigenvalue weighted by Gasteiger charge is 2.47. The number of imidazole rings is 1. The average molecular weight is 482 g/mol. The first kappa shape index (κ1) is 22.3. The molecule has 4 heterocycles. The number of nitrogens with one attached hydrogen (secondary N) is 1. The maximum Gasteiger partial charge on any atom is 0.252 e. The summed E-state index contributed by atoms with van der Waals surface area (Å²) in [6.45, 7) is 4.65. The lowest BCUT2D eigenvalue weighted by atomic mass is 9.87. The summed E-state index contributed by atoms with van der Waals surface area (Å²) in [6.07, 6.45) is 9.71. The summed E-state index contributed by atoms with van der Waals surface area (Å²) < 4.78 is 36.5. The lowest BCUT2D eigenvalue weighted by Gasteiger charge is -2.36. The van der Waals surface area contributed by atoms with Gasteiger partial charge in [-0.1, -0.05) is 0 Å². The second kappa shape index (κ2) is 8.51. The van der Waals surface area contributed by atoms with Crippen molar-refractivity contribution < 1.29 is 13.5 Å². The molecule has 2 fully saturated rings. The second-order valence-electron chi connectivity index (χ2n) is 9.73. The number of nitrogens with zero attached hydrogens (tertiary/aromatic N) is 6. The monoisotopic (exact) mass is 481 g/mol. The van der Waals surface area contributed by atoms with E-state index in [0.29, 0.717) is 29.6 Å². The molecule has 0 radical (unpaired) electrons. The average Bonchev–Trinajstić information content (AvgIpc) is 3.38. The summed E-state index contributed by atoms with van der Waals surface area (Å²) in [6, 6.07) is 4.05. The minimum absolute atomic E-state index is 0.157. The van der Waals surface area contributed by atoms with Crippen molar-refractivity contribution >= 4 is 22.6 Å². The van der Waals surface area contributed by atoms with Gasteiger partial charge in [0.25, 0.3) is 5.92 Å². The number of alkyl halides is 2. The largest absolute Gasteiger partial charge is 0.379 e. The highest BCUT2D eigenvalue weighted by atomic mass is 19.3. The Kier molecular flexibility index (Phi) is 5.43. The first-order chi connectivity index (χ1) is 16.9. The van der Waals surface area contributed by atoms with Gasteiger partial charge in [0, 0.05) is 55.1 Å². The molecule has 4 aromatic heterocycles. The molecule has 35 heavy (non-hydrogen) atoms. The number of halogens is 2. The smallest absolute Gasteiger partial charge is 0.252 e. The summed E-state index contributed by atoms with van der Waals surface area (Å²) in [5, 5.41) is 8.13. The molecule has 184 valence electrons. The van der Waals surface area contributed by atoms with Crippen LogP contribution in [0, 0.1) is 6.92 Å². The topological polar surface area (TPSA) is 82.2 Å². The van der Waals surface area contributed by atoms with Gasteiger partial charge in [-0.05, 0) is 51.7 Å². The molecule has 0 unspecified atom stereocenters. The minimum Gasteiger partial charge on any atom is -0.379 e. The lowest BCUT2D eigenvalue weighted by molar-refractivity contribution is -0.103. The molecule has 1 N–H and O–H groups in total. The normalized spacial score (nSPS) is 22.5. The predicted octanol–water partition coefficient (Wildman–Crippen LogP) is 5.18. The van der Waals surface area contributed by atoms with Gasteiger partial charge in [0.15, 0.2) is 5.65 Å². The van der Waals surface area contributed by atoms with Crippen LogP contribution < -0.4 is 5.32 Å². The zero-order chi connectivity index (χ0) is 24.2. The molecule has 2 aliphatic rings. The number of anilines is 1. The summed E-state index contributed by atoms with van der Waals surface area (Å²) in [7, 11) is 0. The first-order valence-corrected chi connectivity index (χ1v) is 12.4. The fourth-order valence-electron chi connectivity index (χ4n) is 5.51. The minimum atomic E-state index is -2.59. The number of hydrogen-bond acceptors (Lipinski definition) is 6. The highest BCUT2D eigenvalue weighted by molar-refractivity contribution is 5.85. The van der Waals surface area contributed by atoms with Crippen molar-refractivity contribution in [2.24, 2.45) is 0 Å². The van der Waals surface area contributed by atoms with Crippen molar-refractivity contribution in [1.29, 1.82) is 0 Å². The van der Waals surface area contributed by atoms with E-state index in [2.05, 4.69) is 25.4 Å². The van der Waals surface area contributed by atoms with Crippen molar-refractivity contribution in [3.63, 3.8) is 0 Å². The van der Waals surface area contributed by atoms with E-state index in [1.165, 1.54) is 0 Å². The van der Waals surface area contributed by atoms with Crippen LogP contribution in [-0.2, 0) is 4.74 Å². The first-order valence-electron chi connectivity index (χ1n) is 12.4. The van der Waals surface area contributed by atoms with E-state index in [4.69, 9.17) is 4.74 Å². The molecule has 4 aromatic rings. The second-order valence-corrected chi connectivity index (χ2v) is 9.73. The van der Waals surface area contributed by atoms with Crippen LogP contribution in [0.3, 0.4) is 0 Å². The number of ether oxygens (including phenoxy) is 1. The van der Waals surface area contributed by atoms with Crippen molar-refractivity contribution in [2.75, 3.05) is 11.9 Å². The summed E-state index contributed by atoms with van der Waals surface area (Å²) >= 11 is 0. The third kappa shape index (κ3) is 4.13. The number of pyridine rings is 1. The molecule has 0 spiro atoms. The van der Waals surface area contributed by atoms with E-state index < -0.39 is 5.92 Å². The number of aromatic nitrogens is 6. The van der Waals surface area contributed by atoms with Crippen molar-refractivity contribution in [3.05, 3.63) is 36.5 Å². The molecule has 10 heteroatoms. The van der Waals surface area contributed by atoms with Crippen LogP contribution in [-0.4, -0.2) is 53.8 Å². The Morgan fingerprint density at radius 2 is 1.91 bits per heavy atom. The van der Waals surface area contributed by atoms with Crippen molar-refractivity contribution in [3.8, 4) is 11.1 Å². The van der Waals surface area contributed by atoms with E-state index in [-0.39, 0.29) is 18.9 Å². The van der Waals surface area contributed by atoms with Gasteiger partial charge in [0.1, 0.15) is 5.82 Å². The molecule has 0 amide bonds. The number of aryl methyl sites for hydroxylation is 1. The zero-order valence-corrected chi connectivity index (χ0v) is 19.9. The van der Waals surface area contributed by atoms with Crippen molar-refractivity contribution in [2.45, 2.75) is 76.5 Å². The fourth-order valence-corrected chi connectivity index (χ4v) is 5.51. The Labute approximate surface area is 201 Å². The number of rotatable bonds is 6. The van der Waals surface area contributed by atoms with Gasteiger partial charge in [-0.25, -0.2) is 28.2 Å².